The Morgan fingerprint density at radius 1 is 1.44 bits per heavy atom. The van der Waals surface area contributed by atoms with Crippen LogP contribution >= 0.6 is 11.6 Å². The van der Waals surface area contributed by atoms with Gasteiger partial charge in [0.25, 0.3) is 0 Å². The standard InChI is InChI=1S/C14H18ClNO2/c1-18-12-8-10(4-5-11(12)15)13(17)14(9-16)6-2-3-7-14/h4-5,8H,2-3,6-7,9,16H2,1H3. The van der Waals surface area contributed by atoms with Gasteiger partial charge in [-0.15, -0.1) is 0 Å². The highest BCUT2D eigenvalue weighted by molar-refractivity contribution is 6.32. The zero-order chi connectivity index (χ0) is 13.2. The van der Waals surface area contributed by atoms with Crippen molar-refractivity contribution >= 4 is 17.4 Å². The molecule has 1 fully saturated rings. The van der Waals surface area contributed by atoms with E-state index in [9.17, 15) is 4.79 Å². The van der Waals surface area contributed by atoms with Gasteiger partial charge in [-0.1, -0.05) is 24.4 Å². The quantitative estimate of drug-likeness (QED) is 0.853. The molecule has 0 saturated heterocycles. The number of methoxy groups -OCH3 is 1. The van der Waals surface area contributed by atoms with Gasteiger partial charge in [-0.2, -0.15) is 0 Å². The first-order chi connectivity index (χ1) is 8.63. The molecule has 0 amide bonds. The molecule has 0 spiro atoms. The number of hydrogen-bond acceptors (Lipinski definition) is 3. The monoisotopic (exact) mass is 267 g/mol. The number of rotatable bonds is 4. The van der Waals surface area contributed by atoms with Crippen LogP contribution in [-0.2, 0) is 0 Å². The van der Waals surface area contributed by atoms with Crippen molar-refractivity contribution in [2.45, 2.75) is 25.7 Å². The first-order valence-electron chi connectivity index (χ1n) is 6.21. The molecule has 0 atom stereocenters. The van der Waals surface area contributed by atoms with Crippen molar-refractivity contribution < 1.29 is 9.53 Å². The lowest BCUT2D eigenvalue weighted by atomic mass is 9.79. The van der Waals surface area contributed by atoms with Crippen LogP contribution in [0, 0.1) is 5.41 Å². The van der Waals surface area contributed by atoms with Crippen LogP contribution in [0.1, 0.15) is 36.0 Å². The van der Waals surface area contributed by atoms with E-state index in [0.29, 0.717) is 22.9 Å². The Bertz CT molecular complexity index is 453. The highest BCUT2D eigenvalue weighted by Gasteiger charge is 2.40. The molecule has 98 valence electrons. The lowest BCUT2D eigenvalue weighted by Gasteiger charge is -2.25. The third-order valence-corrected chi connectivity index (χ3v) is 4.16. The second-order valence-corrected chi connectivity index (χ2v) is 5.28. The molecule has 1 aromatic rings. The molecule has 1 aliphatic rings. The molecule has 18 heavy (non-hydrogen) atoms. The van der Waals surface area contributed by atoms with Crippen molar-refractivity contribution in [2.24, 2.45) is 11.1 Å². The van der Waals surface area contributed by atoms with Gasteiger partial charge in [-0.3, -0.25) is 4.79 Å². The lowest BCUT2D eigenvalue weighted by Crippen LogP contribution is -2.36. The highest BCUT2D eigenvalue weighted by atomic mass is 35.5. The van der Waals surface area contributed by atoms with E-state index < -0.39 is 0 Å². The Labute approximate surface area is 112 Å². The smallest absolute Gasteiger partial charge is 0.170 e. The number of ketones is 1. The Morgan fingerprint density at radius 3 is 2.67 bits per heavy atom. The Morgan fingerprint density at radius 2 is 2.11 bits per heavy atom. The van der Waals surface area contributed by atoms with Gasteiger partial charge in [-0.25, -0.2) is 0 Å². The van der Waals surface area contributed by atoms with Crippen LogP contribution < -0.4 is 10.5 Å². The molecule has 2 rings (SSSR count). The maximum atomic E-state index is 12.6. The van der Waals surface area contributed by atoms with Gasteiger partial charge in [0.1, 0.15) is 5.75 Å². The predicted octanol–water partition coefficient (Wildman–Crippen LogP) is 3.05. The average molecular weight is 268 g/mol. The van der Waals surface area contributed by atoms with Crippen molar-refractivity contribution in [3.8, 4) is 5.75 Å². The minimum Gasteiger partial charge on any atom is -0.495 e. The lowest BCUT2D eigenvalue weighted by molar-refractivity contribution is 0.0809. The summed E-state index contributed by atoms with van der Waals surface area (Å²) in [6.07, 6.45) is 3.92. The topological polar surface area (TPSA) is 52.3 Å². The van der Waals surface area contributed by atoms with E-state index >= 15 is 0 Å². The summed E-state index contributed by atoms with van der Waals surface area (Å²) in [5, 5.41) is 0.516. The fourth-order valence-electron chi connectivity index (χ4n) is 2.68. The average Bonchev–Trinajstić information content (AvgIpc) is 2.88. The minimum atomic E-state index is -0.376. The summed E-state index contributed by atoms with van der Waals surface area (Å²) in [6, 6.07) is 5.16. The zero-order valence-corrected chi connectivity index (χ0v) is 11.3. The molecule has 4 heteroatoms. The second-order valence-electron chi connectivity index (χ2n) is 4.87. The SMILES string of the molecule is COc1cc(C(=O)C2(CN)CCCC2)ccc1Cl. The maximum absolute atomic E-state index is 12.6. The zero-order valence-electron chi connectivity index (χ0n) is 10.5. The number of hydrogen-bond donors (Lipinski definition) is 1. The van der Waals surface area contributed by atoms with Gasteiger partial charge in [0, 0.05) is 17.5 Å². The van der Waals surface area contributed by atoms with E-state index in [2.05, 4.69) is 0 Å². The third kappa shape index (κ3) is 2.25. The maximum Gasteiger partial charge on any atom is 0.170 e. The first kappa shape index (κ1) is 13.4. The van der Waals surface area contributed by atoms with Gasteiger partial charge in [-0.05, 0) is 31.0 Å². The van der Waals surface area contributed by atoms with E-state index in [-0.39, 0.29) is 11.2 Å². The highest BCUT2D eigenvalue weighted by Crippen LogP contribution is 2.40. The Hall–Kier alpha value is -1.06. The third-order valence-electron chi connectivity index (χ3n) is 3.85. The molecule has 3 nitrogen and oxygen atoms in total. The van der Waals surface area contributed by atoms with Gasteiger partial charge in [0.15, 0.2) is 5.78 Å². The molecule has 0 radical (unpaired) electrons. The van der Waals surface area contributed by atoms with Crippen LogP contribution in [0.3, 0.4) is 0 Å². The van der Waals surface area contributed by atoms with Crippen molar-refractivity contribution in [3.63, 3.8) is 0 Å². The van der Waals surface area contributed by atoms with Crippen LogP contribution in [0.2, 0.25) is 5.02 Å². The van der Waals surface area contributed by atoms with E-state index in [1.54, 1.807) is 25.3 Å². The van der Waals surface area contributed by atoms with E-state index in [1.165, 1.54) is 0 Å². The van der Waals surface area contributed by atoms with Crippen LogP contribution in [0.4, 0.5) is 0 Å². The van der Waals surface area contributed by atoms with E-state index in [1.807, 2.05) is 0 Å². The largest absolute Gasteiger partial charge is 0.495 e. The molecule has 0 heterocycles. The van der Waals surface area contributed by atoms with Crippen LogP contribution in [0.5, 0.6) is 5.75 Å². The number of benzene rings is 1. The molecule has 1 aromatic carbocycles. The number of halogens is 1. The molecule has 0 aliphatic heterocycles. The number of Topliss-reactive ketones (excluding diaryl/α,β-unsaturated/α-hetero) is 1. The summed E-state index contributed by atoms with van der Waals surface area (Å²) >= 11 is 5.97. The molecule has 1 aliphatic carbocycles. The summed E-state index contributed by atoms with van der Waals surface area (Å²) < 4.78 is 5.15. The molecule has 1 saturated carbocycles. The summed E-state index contributed by atoms with van der Waals surface area (Å²) in [6.45, 7) is 0.413. The summed E-state index contributed by atoms with van der Waals surface area (Å²) in [4.78, 5) is 12.6. The number of nitrogens with two attached hydrogens (primary N) is 1. The molecule has 2 N–H and O–H groups in total. The Kier molecular flexibility index (Phi) is 3.93. The van der Waals surface area contributed by atoms with Gasteiger partial charge in [0.05, 0.1) is 12.1 Å². The number of carbonyl (C=O) groups is 1. The first-order valence-corrected chi connectivity index (χ1v) is 6.59. The molecule has 0 aromatic heterocycles. The number of ether oxygens (including phenoxy) is 1. The van der Waals surface area contributed by atoms with Gasteiger partial charge in [0.2, 0.25) is 0 Å². The molecular formula is C14H18ClNO2. The van der Waals surface area contributed by atoms with Crippen molar-refractivity contribution in [3.05, 3.63) is 28.8 Å². The normalized spacial score (nSPS) is 17.7. The number of carbonyl (C=O) groups excluding carboxylic acids is 1. The summed E-state index contributed by atoms with van der Waals surface area (Å²) in [7, 11) is 1.55. The fraction of sp³-hybridized carbons (Fsp3) is 0.500. The van der Waals surface area contributed by atoms with Gasteiger partial charge >= 0.3 is 0 Å². The van der Waals surface area contributed by atoms with Gasteiger partial charge < -0.3 is 10.5 Å². The van der Waals surface area contributed by atoms with E-state index in [4.69, 9.17) is 22.1 Å². The fourth-order valence-corrected chi connectivity index (χ4v) is 2.88. The van der Waals surface area contributed by atoms with Crippen LogP contribution in [-0.4, -0.2) is 19.4 Å². The molecule has 0 bridgehead atoms. The summed E-state index contributed by atoms with van der Waals surface area (Å²) in [5.74, 6) is 0.658. The Balaban J connectivity index is 2.33. The van der Waals surface area contributed by atoms with Crippen molar-refractivity contribution in [1.29, 1.82) is 0 Å². The van der Waals surface area contributed by atoms with Crippen molar-refractivity contribution in [1.82, 2.24) is 0 Å². The summed E-state index contributed by atoms with van der Waals surface area (Å²) in [5.41, 5.74) is 6.10. The minimum absolute atomic E-state index is 0.123. The predicted molar refractivity (Wildman–Crippen MR) is 72.3 cm³/mol. The van der Waals surface area contributed by atoms with Crippen molar-refractivity contribution in [2.75, 3.05) is 13.7 Å². The molecule has 0 unspecified atom stereocenters. The van der Waals surface area contributed by atoms with Crippen LogP contribution in [0.25, 0.3) is 0 Å². The van der Waals surface area contributed by atoms with E-state index in [0.717, 1.165) is 25.7 Å². The molecular weight excluding hydrogens is 250 g/mol. The second kappa shape index (κ2) is 5.29. The van der Waals surface area contributed by atoms with Crippen LogP contribution in [0.15, 0.2) is 18.2 Å².